The average molecular weight is 311 g/mol. The number of benzene rings is 1. The van der Waals surface area contributed by atoms with Gasteiger partial charge in [-0.3, -0.25) is 9.80 Å². The molecule has 1 aromatic carbocycles. The first kappa shape index (κ1) is 14.9. The van der Waals surface area contributed by atoms with Crippen LogP contribution in [0.5, 0.6) is 11.5 Å². The van der Waals surface area contributed by atoms with E-state index in [1.54, 1.807) is 7.11 Å². The Balaban J connectivity index is 1.73. The van der Waals surface area contributed by atoms with Gasteiger partial charge in [0.1, 0.15) is 0 Å². The van der Waals surface area contributed by atoms with E-state index in [2.05, 4.69) is 16.8 Å². The number of aromatic hydroxyl groups is 1. The van der Waals surface area contributed by atoms with Gasteiger partial charge in [-0.2, -0.15) is 0 Å². The maximum Gasteiger partial charge on any atom is 0.176 e. The van der Waals surface area contributed by atoms with E-state index < -0.39 is 0 Å². The lowest BCUT2D eigenvalue weighted by atomic mass is 10.1. The molecular formula is C16H23ClN2O2. The van der Waals surface area contributed by atoms with Crippen LogP contribution in [0.4, 0.5) is 0 Å². The van der Waals surface area contributed by atoms with Crippen LogP contribution in [-0.2, 0) is 6.54 Å². The van der Waals surface area contributed by atoms with Crippen LogP contribution in [0, 0.1) is 0 Å². The number of phenols is 1. The summed E-state index contributed by atoms with van der Waals surface area (Å²) in [5.74, 6) is 0.475. The molecule has 4 nitrogen and oxygen atoms in total. The normalized spacial score (nSPS) is 26.8. The van der Waals surface area contributed by atoms with Gasteiger partial charge < -0.3 is 9.84 Å². The molecule has 2 bridgehead atoms. The van der Waals surface area contributed by atoms with Crippen LogP contribution in [0.15, 0.2) is 12.1 Å². The van der Waals surface area contributed by atoms with E-state index in [0.29, 0.717) is 16.8 Å². The predicted molar refractivity (Wildman–Crippen MR) is 84.1 cm³/mol. The molecule has 5 heteroatoms. The van der Waals surface area contributed by atoms with Gasteiger partial charge in [0.25, 0.3) is 0 Å². The van der Waals surface area contributed by atoms with Crippen molar-refractivity contribution in [3.05, 3.63) is 22.7 Å². The SMILES string of the molecule is COc1cc(CN2CCC3CCC(C2)N3C)cc(Cl)c1O. The fraction of sp³-hybridized carbons (Fsp3) is 0.625. The Labute approximate surface area is 131 Å². The number of likely N-dealkylation sites (N-methyl/N-ethyl adjacent to an activating group) is 1. The van der Waals surface area contributed by atoms with E-state index in [1.807, 2.05) is 12.1 Å². The Morgan fingerprint density at radius 1 is 1.29 bits per heavy atom. The van der Waals surface area contributed by atoms with Crippen molar-refractivity contribution < 1.29 is 9.84 Å². The zero-order chi connectivity index (χ0) is 15.0. The molecule has 1 aromatic rings. The van der Waals surface area contributed by atoms with Gasteiger partial charge in [-0.05, 0) is 44.0 Å². The smallest absolute Gasteiger partial charge is 0.176 e. The van der Waals surface area contributed by atoms with Gasteiger partial charge in [0.05, 0.1) is 12.1 Å². The molecule has 0 aliphatic carbocycles. The third kappa shape index (κ3) is 2.98. The number of rotatable bonds is 3. The topological polar surface area (TPSA) is 35.9 Å². The third-order valence-electron chi connectivity index (χ3n) is 4.95. The van der Waals surface area contributed by atoms with Gasteiger partial charge in [-0.15, -0.1) is 0 Å². The molecule has 2 unspecified atom stereocenters. The van der Waals surface area contributed by atoms with Gasteiger partial charge >= 0.3 is 0 Å². The fourth-order valence-electron chi connectivity index (χ4n) is 3.66. The summed E-state index contributed by atoms with van der Waals surface area (Å²) in [7, 11) is 3.81. The Hall–Kier alpha value is -0.970. The van der Waals surface area contributed by atoms with Crippen LogP contribution in [-0.4, -0.2) is 54.2 Å². The number of hydrogen-bond donors (Lipinski definition) is 1. The summed E-state index contributed by atoms with van der Waals surface area (Å²) in [4.78, 5) is 5.03. The van der Waals surface area contributed by atoms with E-state index in [1.165, 1.54) is 19.3 Å². The standard InChI is InChI=1S/C16H23ClN2O2/c1-18-12-3-4-13(18)10-19(6-5-12)9-11-7-14(17)16(20)15(8-11)21-2/h7-8,12-13,20H,3-6,9-10H2,1-2H3. The van der Waals surface area contributed by atoms with Crippen LogP contribution < -0.4 is 4.74 Å². The molecule has 2 aliphatic rings. The lowest BCUT2D eigenvalue weighted by Gasteiger charge is -2.26. The van der Waals surface area contributed by atoms with Gasteiger partial charge in [-0.25, -0.2) is 0 Å². The van der Waals surface area contributed by atoms with Crippen molar-refractivity contribution >= 4 is 11.6 Å². The minimum atomic E-state index is 0.0255. The summed E-state index contributed by atoms with van der Waals surface area (Å²) in [6.07, 6.45) is 3.88. The zero-order valence-electron chi connectivity index (χ0n) is 12.7. The highest BCUT2D eigenvalue weighted by Gasteiger charge is 2.34. The summed E-state index contributed by atoms with van der Waals surface area (Å²) in [6.45, 7) is 3.08. The molecular weight excluding hydrogens is 288 g/mol. The molecule has 0 saturated carbocycles. The monoisotopic (exact) mass is 310 g/mol. The number of phenolic OH excluding ortho intramolecular Hbond substituents is 1. The van der Waals surface area contributed by atoms with Crippen LogP contribution in [0.2, 0.25) is 5.02 Å². The summed E-state index contributed by atoms with van der Waals surface area (Å²) in [5, 5.41) is 10.2. The molecule has 21 heavy (non-hydrogen) atoms. The zero-order valence-corrected chi connectivity index (χ0v) is 13.4. The van der Waals surface area contributed by atoms with E-state index >= 15 is 0 Å². The molecule has 116 valence electrons. The minimum absolute atomic E-state index is 0.0255. The van der Waals surface area contributed by atoms with Crippen molar-refractivity contribution in [2.75, 3.05) is 27.2 Å². The molecule has 0 aromatic heterocycles. The molecule has 2 saturated heterocycles. The average Bonchev–Trinajstić information content (AvgIpc) is 2.71. The molecule has 0 amide bonds. The van der Waals surface area contributed by atoms with Crippen LogP contribution >= 0.6 is 11.6 Å². The highest BCUT2D eigenvalue weighted by atomic mass is 35.5. The van der Waals surface area contributed by atoms with Crippen molar-refractivity contribution in [3.8, 4) is 11.5 Å². The Morgan fingerprint density at radius 3 is 2.81 bits per heavy atom. The van der Waals surface area contributed by atoms with Crippen LogP contribution in [0.3, 0.4) is 0 Å². The first-order valence-electron chi connectivity index (χ1n) is 7.58. The third-order valence-corrected chi connectivity index (χ3v) is 5.23. The van der Waals surface area contributed by atoms with Crippen molar-refractivity contribution in [1.29, 1.82) is 0 Å². The number of nitrogens with zero attached hydrogens (tertiary/aromatic N) is 2. The van der Waals surface area contributed by atoms with E-state index in [4.69, 9.17) is 16.3 Å². The minimum Gasteiger partial charge on any atom is -0.503 e. The van der Waals surface area contributed by atoms with Gasteiger partial charge in [0.2, 0.25) is 0 Å². The molecule has 2 aliphatic heterocycles. The Morgan fingerprint density at radius 2 is 2.05 bits per heavy atom. The van der Waals surface area contributed by atoms with Crippen molar-refractivity contribution in [1.82, 2.24) is 9.80 Å². The molecule has 0 radical (unpaired) electrons. The van der Waals surface area contributed by atoms with Gasteiger partial charge in [0, 0.05) is 31.7 Å². The maximum absolute atomic E-state index is 9.82. The molecule has 3 rings (SSSR count). The number of fused-ring (bicyclic) bond motifs is 2. The lowest BCUT2D eigenvalue weighted by Crippen LogP contribution is -2.36. The number of likely N-dealkylation sites (tertiary alicyclic amines) is 1. The molecule has 2 fully saturated rings. The highest BCUT2D eigenvalue weighted by molar-refractivity contribution is 6.32. The number of methoxy groups -OCH3 is 1. The van der Waals surface area contributed by atoms with Crippen molar-refractivity contribution in [2.45, 2.75) is 37.9 Å². The largest absolute Gasteiger partial charge is 0.503 e. The second-order valence-electron chi connectivity index (χ2n) is 6.20. The summed E-state index contributed by atoms with van der Waals surface area (Å²) in [6, 6.07) is 5.14. The molecule has 1 N–H and O–H groups in total. The fourth-order valence-corrected chi connectivity index (χ4v) is 3.89. The molecule has 2 heterocycles. The van der Waals surface area contributed by atoms with E-state index in [0.717, 1.165) is 31.2 Å². The number of hydrogen-bond acceptors (Lipinski definition) is 4. The second-order valence-corrected chi connectivity index (χ2v) is 6.61. The van der Waals surface area contributed by atoms with Crippen LogP contribution in [0.25, 0.3) is 0 Å². The quantitative estimate of drug-likeness (QED) is 0.931. The predicted octanol–water partition coefficient (Wildman–Crippen LogP) is 2.72. The van der Waals surface area contributed by atoms with E-state index in [9.17, 15) is 5.11 Å². The molecule has 0 spiro atoms. The second kappa shape index (κ2) is 6.03. The summed E-state index contributed by atoms with van der Waals surface area (Å²) < 4.78 is 5.19. The lowest BCUT2D eigenvalue weighted by molar-refractivity contribution is 0.214. The van der Waals surface area contributed by atoms with Gasteiger partial charge in [-0.1, -0.05) is 11.6 Å². The van der Waals surface area contributed by atoms with Crippen LogP contribution in [0.1, 0.15) is 24.8 Å². The molecule has 2 atom stereocenters. The van der Waals surface area contributed by atoms with Gasteiger partial charge in [0.15, 0.2) is 11.5 Å². The highest BCUT2D eigenvalue weighted by Crippen LogP contribution is 2.36. The Kier molecular flexibility index (Phi) is 4.29. The van der Waals surface area contributed by atoms with Crippen molar-refractivity contribution in [3.63, 3.8) is 0 Å². The van der Waals surface area contributed by atoms with E-state index in [-0.39, 0.29) is 5.75 Å². The first-order valence-corrected chi connectivity index (χ1v) is 7.96. The Bertz CT molecular complexity index is 523. The summed E-state index contributed by atoms with van der Waals surface area (Å²) in [5.41, 5.74) is 1.09. The summed E-state index contributed by atoms with van der Waals surface area (Å²) >= 11 is 6.08. The first-order chi connectivity index (χ1) is 10.1. The number of ether oxygens (including phenoxy) is 1. The number of halogens is 1. The maximum atomic E-state index is 9.82. The van der Waals surface area contributed by atoms with Crippen molar-refractivity contribution in [2.24, 2.45) is 0 Å².